The molecule has 14 heavy (non-hydrogen) atoms. The first-order valence-corrected chi connectivity index (χ1v) is 4.85. The summed E-state index contributed by atoms with van der Waals surface area (Å²) in [5.74, 6) is -3.84. The lowest BCUT2D eigenvalue weighted by Gasteiger charge is -2.39. The fourth-order valence-electron chi connectivity index (χ4n) is 2.12. The minimum atomic E-state index is -1.27. The number of rotatable bonds is 2. The van der Waals surface area contributed by atoms with Crippen molar-refractivity contribution in [3.63, 3.8) is 0 Å². The van der Waals surface area contributed by atoms with Crippen LogP contribution >= 0.6 is 0 Å². The summed E-state index contributed by atoms with van der Waals surface area (Å²) >= 11 is 0. The standard InChI is InChI=1S/C10H16O4/c1-5-3-7(9(11)12)8(10(13)14)4-6(5)2/h5-8H,3-4H2,1-2H3,(H,11,12)(H,13,14)/p-2. The summed E-state index contributed by atoms with van der Waals surface area (Å²) in [7, 11) is 0. The Balaban J connectivity index is 2.80. The molecule has 4 unspecified atom stereocenters. The van der Waals surface area contributed by atoms with Crippen LogP contribution in [0, 0.1) is 23.7 Å². The van der Waals surface area contributed by atoms with Crippen molar-refractivity contribution in [2.45, 2.75) is 26.7 Å². The van der Waals surface area contributed by atoms with Gasteiger partial charge in [-0.25, -0.2) is 0 Å². The van der Waals surface area contributed by atoms with E-state index in [9.17, 15) is 19.8 Å². The van der Waals surface area contributed by atoms with Gasteiger partial charge in [0.05, 0.1) is 0 Å². The van der Waals surface area contributed by atoms with E-state index in [0.717, 1.165) is 0 Å². The molecule has 0 N–H and O–H groups in total. The van der Waals surface area contributed by atoms with Gasteiger partial charge in [-0.1, -0.05) is 13.8 Å². The van der Waals surface area contributed by atoms with Crippen molar-refractivity contribution in [3.05, 3.63) is 0 Å². The Hall–Kier alpha value is -1.06. The van der Waals surface area contributed by atoms with Crippen molar-refractivity contribution in [1.29, 1.82) is 0 Å². The maximum atomic E-state index is 10.7. The van der Waals surface area contributed by atoms with Crippen LogP contribution in [0.3, 0.4) is 0 Å². The summed E-state index contributed by atoms with van der Waals surface area (Å²) in [6.45, 7) is 3.87. The predicted octanol–water partition coefficient (Wildman–Crippen LogP) is -1.22. The van der Waals surface area contributed by atoms with Crippen LogP contribution in [0.1, 0.15) is 26.7 Å². The Bertz CT molecular complexity index is 223. The van der Waals surface area contributed by atoms with E-state index >= 15 is 0 Å². The summed E-state index contributed by atoms with van der Waals surface area (Å²) in [5, 5.41) is 21.4. The lowest BCUT2D eigenvalue weighted by atomic mass is 9.69. The molecule has 0 bridgehead atoms. The third kappa shape index (κ3) is 2.05. The molecular weight excluding hydrogens is 184 g/mol. The second kappa shape index (κ2) is 3.98. The Morgan fingerprint density at radius 2 is 1.21 bits per heavy atom. The molecular formula is C10H14O4-2. The Labute approximate surface area is 82.9 Å². The van der Waals surface area contributed by atoms with E-state index in [2.05, 4.69) is 0 Å². The van der Waals surface area contributed by atoms with Crippen LogP contribution in [0.25, 0.3) is 0 Å². The van der Waals surface area contributed by atoms with Crippen LogP contribution in [-0.2, 0) is 9.59 Å². The van der Waals surface area contributed by atoms with E-state index in [-0.39, 0.29) is 11.8 Å². The van der Waals surface area contributed by atoms with Crippen LogP contribution < -0.4 is 10.2 Å². The molecule has 0 heterocycles. The van der Waals surface area contributed by atoms with Gasteiger partial charge in [-0.05, 0) is 24.7 Å². The summed E-state index contributed by atoms with van der Waals surface area (Å²) in [5.41, 5.74) is 0. The lowest BCUT2D eigenvalue weighted by Crippen LogP contribution is -2.48. The maximum absolute atomic E-state index is 10.7. The number of aliphatic carboxylic acids is 2. The molecule has 0 aliphatic heterocycles. The second-order valence-corrected chi connectivity index (χ2v) is 4.28. The summed E-state index contributed by atoms with van der Waals surface area (Å²) in [4.78, 5) is 21.4. The smallest absolute Gasteiger partial charge is 0.0451 e. The largest absolute Gasteiger partial charge is 0.550 e. The quantitative estimate of drug-likeness (QED) is 0.557. The minimum Gasteiger partial charge on any atom is -0.550 e. The van der Waals surface area contributed by atoms with E-state index in [0.29, 0.717) is 12.8 Å². The van der Waals surface area contributed by atoms with Gasteiger partial charge >= 0.3 is 0 Å². The van der Waals surface area contributed by atoms with E-state index in [1.54, 1.807) is 0 Å². The number of hydrogen-bond acceptors (Lipinski definition) is 4. The molecule has 80 valence electrons. The zero-order valence-electron chi connectivity index (χ0n) is 8.36. The van der Waals surface area contributed by atoms with E-state index < -0.39 is 23.8 Å². The van der Waals surface area contributed by atoms with Crippen molar-refractivity contribution < 1.29 is 19.8 Å². The lowest BCUT2D eigenvalue weighted by molar-refractivity contribution is -0.329. The van der Waals surface area contributed by atoms with Crippen molar-refractivity contribution in [1.82, 2.24) is 0 Å². The first-order chi connectivity index (χ1) is 6.43. The average Bonchev–Trinajstić information content (AvgIpc) is 2.08. The third-order valence-electron chi connectivity index (χ3n) is 3.31. The molecule has 0 aromatic rings. The second-order valence-electron chi connectivity index (χ2n) is 4.28. The van der Waals surface area contributed by atoms with E-state index in [1.807, 2.05) is 13.8 Å². The Kier molecular flexibility index (Phi) is 3.13. The molecule has 1 fully saturated rings. The molecule has 0 spiro atoms. The van der Waals surface area contributed by atoms with Crippen molar-refractivity contribution in [2.24, 2.45) is 23.7 Å². The molecule has 4 nitrogen and oxygen atoms in total. The highest BCUT2D eigenvalue weighted by atomic mass is 16.4. The number of carbonyl (C=O) groups is 2. The average molecular weight is 198 g/mol. The number of hydrogen-bond donors (Lipinski definition) is 0. The summed E-state index contributed by atoms with van der Waals surface area (Å²) in [6, 6.07) is 0. The SMILES string of the molecule is CC1CC(C(=O)[O-])C(C(=O)[O-])CC1C. The third-order valence-corrected chi connectivity index (χ3v) is 3.31. The normalized spacial score (nSPS) is 37.9. The fraction of sp³-hybridized carbons (Fsp3) is 0.800. The zero-order chi connectivity index (χ0) is 10.9. The predicted molar refractivity (Wildman–Crippen MR) is 44.6 cm³/mol. The van der Waals surface area contributed by atoms with Gasteiger partial charge < -0.3 is 19.8 Å². The molecule has 0 aromatic carbocycles. The van der Waals surface area contributed by atoms with Gasteiger partial charge in [-0.3, -0.25) is 0 Å². The molecule has 1 aliphatic rings. The van der Waals surface area contributed by atoms with Crippen LogP contribution in [-0.4, -0.2) is 11.9 Å². The number of carboxylic acids is 2. The molecule has 0 amide bonds. The van der Waals surface area contributed by atoms with Crippen LogP contribution in [0.5, 0.6) is 0 Å². The molecule has 1 rings (SSSR count). The van der Waals surface area contributed by atoms with Gasteiger partial charge in [0.2, 0.25) is 0 Å². The van der Waals surface area contributed by atoms with Gasteiger partial charge in [0.15, 0.2) is 0 Å². The van der Waals surface area contributed by atoms with Gasteiger partial charge in [-0.2, -0.15) is 0 Å². The highest BCUT2D eigenvalue weighted by molar-refractivity contribution is 5.78. The van der Waals surface area contributed by atoms with Crippen LogP contribution in [0.4, 0.5) is 0 Å². The van der Waals surface area contributed by atoms with E-state index in [4.69, 9.17) is 0 Å². The van der Waals surface area contributed by atoms with Crippen LogP contribution in [0.15, 0.2) is 0 Å². The molecule has 0 saturated heterocycles. The first kappa shape index (κ1) is 11.0. The molecule has 4 atom stereocenters. The summed E-state index contributed by atoms with van der Waals surface area (Å²) < 4.78 is 0. The van der Waals surface area contributed by atoms with Crippen molar-refractivity contribution in [2.75, 3.05) is 0 Å². The Morgan fingerprint density at radius 1 is 0.929 bits per heavy atom. The van der Waals surface area contributed by atoms with Crippen molar-refractivity contribution >= 4 is 11.9 Å². The maximum Gasteiger partial charge on any atom is 0.0451 e. The van der Waals surface area contributed by atoms with Gasteiger partial charge in [0, 0.05) is 23.8 Å². The van der Waals surface area contributed by atoms with Gasteiger partial charge in [0.25, 0.3) is 0 Å². The van der Waals surface area contributed by atoms with Gasteiger partial charge in [-0.15, -0.1) is 0 Å². The highest BCUT2D eigenvalue weighted by Gasteiger charge is 2.34. The van der Waals surface area contributed by atoms with Crippen LogP contribution in [0.2, 0.25) is 0 Å². The van der Waals surface area contributed by atoms with Gasteiger partial charge in [0.1, 0.15) is 0 Å². The topological polar surface area (TPSA) is 80.3 Å². The fourth-order valence-corrected chi connectivity index (χ4v) is 2.12. The highest BCUT2D eigenvalue weighted by Crippen LogP contribution is 2.37. The number of carbonyl (C=O) groups excluding carboxylic acids is 2. The molecule has 1 aliphatic carbocycles. The Morgan fingerprint density at radius 3 is 1.43 bits per heavy atom. The van der Waals surface area contributed by atoms with Crippen molar-refractivity contribution in [3.8, 4) is 0 Å². The number of carboxylic acid groups (broad SMARTS) is 2. The first-order valence-electron chi connectivity index (χ1n) is 4.85. The van der Waals surface area contributed by atoms with E-state index in [1.165, 1.54) is 0 Å². The minimum absolute atomic E-state index is 0.230. The molecule has 4 heteroatoms. The zero-order valence-corrected chi connectivity index (χ0v) is 8.36. The summed E-state index contributed by atoms with van der Waals surface area (Å²) in [6.07, 6.45) is 0.754. The molecule has 0 aromatic heterocycles. The monoisotopic (exact) mass is 198 g/mol. The molecule has 0 radical (unpaired) electrons. The molecule has 1 saturated carbocycles.